The van der Waals surface area contributed by atoms with Gasteiger partial charge in [-0.2, -0.15) is 0 Å². The number of hydrogen-bond donors (Lipinski definition) is 2. The number of aryl methyl sites for hydroxylation is 2. The van der Waals surface area contributed by atoms with Crippen LogP contribution in [-0.4, -0.2) is 29.7 Å². The quantitative estimate of drug-likeness (QED) is 0.719. The lowest BCUT2D eigenvalue weighted by Gasteiger charge is -2.09. The highest BCUT2D eigenvalue weighted by Gasteiger charge is 2.14. The first-order valence-electron chi connectivity index (χ1n) is 7.65. The van der Waals surface area contributed by atoms with Gasteiger partial charge in [0.2, 0.25) is 0 Å². The van der Waals surface area contributed by atoms with Gasteiger partial charge in [-0.25, -0.2) is 13.4 Å². The van der Waals surface area contributed by atoms with Crippen LogP contribution in [0.25, 0.3) is 11.0 Å². The Bertz CT molecular complexity index is 947. The molecule has 0 spiro atoms. The normalized spacial score (nSPS) is 11.8. The third-order valence-electron chi connectivity index (χ3n) is 3.76. The molecule has 0 saturated carbocycles. The van der Waals surface area contributed by atoms with Gasteiger partial charge in [-0.3, -0.25) is 4.72 Å². The molecule has 0 aliphatic heterocycles. The fourth-order valence-electron chi connectivity index (χ4n) is 2.48. The molecule has 6 nitrogen and oxygen atoms in total. The van der Waals surface area contributed by atoms with Crippen molar-refractivity contribution in [3.63, 3.8) is 0 Å². The number of nitrogens with one attached hydrogen (secondary N) is 1. The molecule has 0 saturated heterocycles. The van der Waals surface area contributed by atoms with E-state index in [1.165, 1.54) is 0 Å². The highest BCUT2D eigenvalue weighted by atomic mass is 32.2. The van der Waals surface area contributed by atoms with Gasteiger partial charge in [0.25, 0.3) is 10.0 Å². The van der Waals surface area contributed by atoms with Gasteiger partial charge in [0, 0.05) is 13.2 Å². The third kappa shape index (κ3) is 3.42. The zero-order chi connectivity index (χ0) is 17.2. The Morgan fingerprint density at radius 3 is 2.62 bits per heavy atom. The number of rotatable bonds is 6. The molecule has 0 aliphatic carbocycles. The van der Waals surface area contributed by atoms with Gasteiger partial charge >= 0.3 is 0 Å². The summed E-state index contributed by atoms with van der Waals surface area (Å²) < 4.78 is 29.4. The maximum absolute atomic E-state index is 12.4. The number of nitrogens with zero attached hydrogens (tertiary/aromatic N) is 2. The summed E-state index contributed by atoms with van der Waals surface area (Å²) in [6.07, 6.45) is 2.34. The molecular weight excluding hydrogens is 326 g/mol. The number of benzene rings is 2. The maximum Gasteiger partial charge on any atom is 0.261 e. The smallest absolute Gasteiger partial charge is 0.261 e. The molecule has 0 fully saturated rings. The van der Waals surface area contributed by atoms with Gasteiger partial charge in [0.15, 0.2) is 0 Å². The second kappa shape index (κ2) is 6.62. The van der Waals surface area contributed by atoms with E-state index in [0.717, 1.165) is 11.1 Å². The highest BCUT2D eigenvalue weighted by molar-refractivity contribution is 7.92. The van der Waals surface area contributed by atoms with Crippen molar-refractivity contribution in [1.29, 1.82) is 0 Å². The standard InChI is InChI=1S/C17H19N3O3S/c1-13-3-6-15(7-4-13)24(22,23)19-14-5-8-17-16(11-14)18-12-20(17)9-2-10-21/h3-8,11-12,19,21H,2,9-10H2,1H3. The van der Waals surface area contributed by atoms with Crippen LogP contribution >= 0.6 is 0 Å². The third-order valence-corrected chi connectivity index (χ3v) is 5.16. The van der Waals surface area contributed by atoms with E-state index in [4.69, 9.17) is 5.11 Å². The number of fused-ring (bicyclic) bond motifs is 1. The number of aliphatic hydroxyl groups excluding tert-OH is 1. The summed E-state index contributed by atoms with van der Waals surface area (Å²) in [6, 6.07) is 11.9. The minimum atomic E-state index is -3.62. The van der Waals surface area contributed by atoms with Crippen LogP contribution in [0.4, 0.5) is 5.69 Å². The average molecular weight is 345 g/mol. The zero-order valence-corrected chi connectivity index (χ0v) is 14.1. The second-order valence-corrected chi connectivity index (χ2v) is 7.32. The van der Waals surface area contributed by atoms with Gasteiger partial charge in [-0.05, 0) is 43.7 Å². The number of aliphatic hydroxyl groups is 1. The summed E-state index contributed by atoms with van der Waals surface area (Å²) in [4.78, 5) is 4.52. The molecule has 1 heterocycles. The SMILES string of the molecule is Cc1ccc(S(=O)(=O)Nc2ccc3c(c2)ncn3CCCO)cc1. The van der Waals surface area contributed by atoms with Crippen LogP contribution in [0.2, 0.25) is 0 Å². The van der Waals surface area contributed by atoms with E-state index in [2.05, 4.69) is 9.71 Å². The van der Waals surface area contributed by atoms with E-state index in [1.54, 1.807) is 42.7 Å². The van der Waals surface area contributed by atoms with E-state index in [9.17, 15) is 8.42 Å². The van der Waals surface area contributed by atoms with Crippen molar-refractivity contribution >= 4 is 26.7 Å². The maximum atomic E-state index is 12.4. The molecule has 24 heavy (non-hydrogen) atoms. The Morgan fingerprint density at radius 1 is 1.17 bits per heavy atom. The molecule has 0 bridgehead atoms. The lowest BCUT2D eigenvalue weighted by atomic mass is 10.2. The lowest BCUT2D eigenvalue weighted by molar-refractivity contribution is 0.280. The Labute approximate surface area is 140 Å². The van der Waals surface area contributed by atoms with Crippen molar-refractivity contribution in [3.05, 3.63) is 54.4 Å². The molecular formula is C17H19N3O3S. The molecule has 2 aromatic carbocycles. The van der Waals surface area contributed by atoms with E-state index < -0.39 is 10.0 Å². The Morgan fingerprint density at radius 2 is 1.92 bits per heavy atom. The minimum absolute atomic E-state index is 0.119. The molecule has 1 aromatic heterocycles. The Balaban J connectivity index is 1.86. The summed E-state index contributed by atoms with van der Waals surface area (Å²) in [5.74, 6) is 0. The van der Waals surface area contributed by atoms with Gasteiger partial charge in [0.05, 0.1) is 27.9 Å². The number of sulfonamides is 1. The number of hydrogen-bond acceptors (Lipinski definition) is 4. The van der Waals surface area contributed by atoms with Crippen LogP contribution in [0.5, 0.6) is 0 Å². The summed E-state index contributed by atoms with van der Waals surface area (Å²) in [7, 11) is -3.62. The molecule has 0 radical (unpaired) electrons. The predicted molar refractivity (Wildman–Crippen MR) is 93.4 cm³/mol. The van der Waals surface area contributed by atoms with Crippen LogP contribution in [0.3, 0.4) is 0 Å². The molecule has 0 unspecified atom stereocenters. The summed E-state index contributed by atoms with van der Waals surface area (Å²) >= 11 is 0. The topological polar surface area (TPSA) is 84.2 Å². The molecule has 126 valence electrons. The van der Waals surface area contributed by atoms with Crippen LogP contribution in [-0.2, 0) is 16.6 Å². The number of anilines is 1. The minimum Gasteiger partial charge on any atom is -0.396 e. The van der Waals surface area contributed by atoms with Gasteiger partial charge in [-0.15, -0.1) is 0 Å². The molecule has 2 N–H and O–H groups in total. The monoisotopic (exact) mass is 345 g/mol. The highest BCUT2D eigenvalue weighted by Crippen LogP contribution is 2.21. The van der Waals surface area contributed by atoms with Crippen molar-refractivity contribution in [1.82, 2.24) is 9.55 Å². The largest absolute Gasteiger partial charge is 0.396 e. The van der Waals surface area contributed by atoms with Crippen LogP contribution in [0.15, 0.2) is 53.7 Å². The first kappa shape index (κ1) is 16.5. The molecule has 3 aromatic rings. The number of aromatic nitrogens is 2. The van der Waals surface area contributed by atoms with E-state index >= 15 is 0 Å². The summed E-state index contributed by atoms with van der Waals surface area (Å²) in [5.41, 5.74) is 3.08. The molecule has 0 amide bonds. The first-order valence-corrected chi connectivity index (χ1v) is 9.13. The second-order valence-electron chi connectivity index (χ2n) is 5.64. The van der Waals surface area contributed by atoms with Crippen molar-refractivity contribution in [3.8, 4) is 0 Å². The first-order chi connectivity index (χ1) is 11.5. The van der Waals surface area contributed by atoms with E-state index in [0.29, 0.717) is 24.2 Å². The van der Waals surface area contributed by atoms with E-state index in [1.807, 2.05) is 17.6 Å². The van der Waals surface area contributed by atoms with Crippen molar-refractivity contribution in [2.24, 2.45) is 0 Å². The van der Waals surface area contributed by atoms with Gasteiger partial charge < -0.3 is 9.67 Å². The summed E-state index contributed by atoms with van der Waals surface area (Å²) in [6.45, 7) is 2.69. The van der Waals surface area contributed by atoms with Crippen molar-refractivity contribution < 1.29 is 13.5 Å². The van der Waals surface area contributed by atoms with Crippen LogP contribution < -0.4 is 4.72 Å². The molecule has 7 heteroatoms. The molecule has 0 aliphatic rings. The Kier molecular flexibility index (Phi) is 4.55. The van der Waals surface area contributed by atoms with Crippen LogP contribution in [0, 0.1) is 6.92 Å². The molecule has 3 rings (SSSR count). The Hall–Kier alpha value is -2.38. The van der Waals surface area contributed by atoms with Crippen molar-refractivity contribution in [2.45, 2.75) is 24.8 Å². The summed E-state index contributed by atoms with van der Waals surface area (Å²) in [5, 5.41) is 8.92. The van der Waals surface area contributed by atoms with Crippen LogP contribution in [0.1, 0.15) is 12.0 Å². The average Bonchev–Trinajstić information content (AvgIpc) is 2.95. The van der Waals surface area contributed by atoms with Gasteiger partial charge in [0.1, 0.15) is 0 Å². The predicted octanol–water partition coefficient (Wildman–Crippen LogP) is 2.53. The molecule has 0 atom stereocenters. The zero-order valence-electron chi connectivity index (χ0n) is 13.3. The lowest BCUT2D eigenvalue weighted by Crippen LogP contribution is -2.12. The fraction of sp³-hybridized carbons (Fsp3) is 0.235. The fourth-order valence-corrected chi connectivity index (χ4v) is 3.53. The number of imidazole rings is 1. The van der Waals surface area contributed by atoms with Gasteiger partial charge in [-0.1, -0.05) is 17.7 Å². The van der Waals surface area contributed by atoms with Crippen molar-refractivity contribution in [2.75, 3.05) is 11.3 Å². The van der Waals surface area contributed by atoms with E-state index in [-0.39, 0.29) is 11.5 Å².